The van der Waals surface area contributed by atoms with Gasteiger partial charge in [0.25, 0.3) is 0 Å². The molecule has 0 amide bonds. The van der Waals surface area contributed by atoms with Gasteiger partial charge in [-0.2, -0.15) is 10.5 Å². The van der Waals surface area contributed by atoms with Gasteiger partial charge < -0.3 is 5.32 Å². The normalized spacial score (nSPS) is 9.50. The molecule has 82 valence electrons. The molecule has 0 aromatic carbocycles. The van der Waals surface area contributed by atoms with Crippen LogP contribution in [0, 0.1) is 22.7 Å². The highest BCUT2D eigenvalue weighted by molar-refractivity contribution is 5.36. The van der Waals surface area contributed by atoms with Crippen LogP contribution in [0.5, 0.6) is 0 Å². The Morgan fingerprint density at radius 1 is 1.38 bits per heavy atom. The van der Waals surface area contributed by atoms with Crippen molar-refractivity contribution in [3.8, 4) is 12.1 Å². The van der Waals surface area contributed by atoms with Crippen LogP contribution >= 0.6 is 0 Å². The molecule has 0 aliphatic heterocycles. The number of hydrogen-bond donors (Lipinski definition) is 1. The van der Waals surface area contributed by atoms with Crippen LogP contribution in [0.15, 0.2) is 18.3 Å². The van der Waals surface area contributed by atoms with Gasteiger partial charge in [-0.15, -0.1) is 0 Å². The zero-order valence-electron chi connectivity index (χ0n) is 9.14. The molecular formula is C11H13N5. The van der Waals surface area contributed by atoms with Gasteiger partial charge in [0.05, 0.1) is 25.2 Å². The van der Waals surface area contributed by atoms with Crippen LogP contribution in [0.1, 0.15) is 5.56 Å². The standard InChI is InChI=1S/C11H13N5/c1-14-11-8-10(2-5-15-11)9-16(6-3-12)7-4-13/h2,5,8H,6-7,9H2,1H3,(H,14,15). The summed E-state index contributed by atoms with van der Waals surface area (Å²) in [5.74, 6) is 0.784. The van der Waals surface area contributed by atoms with Crippen molar-refractivity contribution < 1.29 is 0 Å². The zero-order valence-corrected chi connectivity index (χ0v) is 9.14. The molecule has 0 spiro atoms. The van der Waals surface area contributed by atoms with E-state index >= 15 is 0 Å². The number of pyridine rings is 1. The molecule has 0 saturated carbocycles. The smallest absolute Gasteiger partial charge is 0.125 e. The van der Waals surface area contributed by atoms with Crippen molar-refractivity contribution in [1.29, 1.82) is 10.5 Å². The van der Waals surface area contributed by atoms with Crippen molar-refractivity contribution in [1.82, 2.24) is 9.88 Å². The number of nitriles is 2. The topological polar surface area (TPSA) is 75.7 Å². The summed E-state index contributed by atoms with van der Waals surface area (Å²) in [4.78, 5) is 5.87. The van der Waals surface area contributed by atoms with E-state index in [1.54, 1.807) is 18.1 Å². The number of aromatic nitrogens is 1. The molecule has 0 bridgehead atoms. The predicted octanol–water partition coefficient (Wildman–Crippen LogP) is 0.972. The second-order valence-electron chi connectivity index (χ2n) is 3.26. The molecule has 1 aromatic rings. The number of rotatable bonds is 5. The van der Waals surface area contributed by atoms with E-state index in [4.69, 9.17) is 10.5 Å². The molecule has 5 heteroatoms. The van der Waals surface area contributed by atoms with Gasteiger partial charge in [0, 0.05) is 19.8 Å². The minimum Gasteiger partial charge on any atom is -0.373 e. The number of nitrogens with one attached hydrogen (secondary N) is 1. The molecule has 1 N–H and O–H groups in total. The van der Waals surface area contributed by atoms with Gasteiger partial charge in [-0.3, -0.25) is 4.90 Å². The van der Waals surface area contributed by atoms with Gasteiger partial charge in [0.2, 0.25) is 0 Å². The minimum absolute atomic E-state index is 0.255. The maximum Gasteiger partial charge on any atom is 0.125 e. The summed E-state index contributed by atoms with van der Waals surface area (Å²) in [6.45, 7) is 1.09. The highest BCUT2D eigenvalue weighted by Gasteiger charge is 2.05. The molecular weight excluding hydrogens is 202 g/mol. The molecule has 0 saturated heterocycles. The van der Waals surface area contributed by atoms with Gasteiger partial charge >= 0.3 is 0 Å². The fraction of sp³-hybridized carbons (Fsp3) is 0.364. The first kappa shape index (κ1) is 12.0. The Bertz CT molecular complexity index is 399. The lowest BCUT2D eigenvalue weighted by atomic mass is 10.2. The summed E-state index contributed by atoms with van der Waals surface area (Å²) in [6, 6.07) is 7.87. The average Bonchev–Trinajstić information content (AvgIpc) is 2.30. The first-order valence-electron chi connectivity index (χ1n) is 4.89. The molecule has 0 radical (unpaired) electrons. The Morgan fingerprint density at radius 3 is 2.62 bits per heavy atom. The van der Waals surface area contributed by atoms with E-state index in [9.17, 15) is 0 Å². The first-order valence-corrected chi connectivity index (χ1v) is 4.89. The van der Waals surface area contributed by atoms with E-state index in [0.717, 1.165) is 11.4 Å². The molecule has 1 heterocycles. The Morgan fingerprint density at radius 2 is 2.06 bits per heavy atom. The largest absolute Gasteiger partial charge is 0.373 e. The van der Waals surface area contributed by atoms with Crippen LogP contribution in [0.25, 0.3) is 0 Å². The molecule has 0 atom stereocenters. The first-order chi connectivity index (χ1) is 7.80. The van der Waals surface area contributed by atoms with Crippen LogP contribution in [0.2, 0.25) is 0 Å². The average molecular weight is 215 g/mol. The lowest BCUT2D eigenvalue weighted by molar-refractivity contribution is 0.335. The quantitative estimate of drug-likeness (QED) is 0.741. The lowest BCUT2D eigenvalue weighted by Gasteiger charge is -2.15. The van der Waals surface area contributed by atoms with E-state index in [2.05, 4.69) is 10.3 Å². The monoisotopic (exact) mass is 215 g/mol. The van der Waals surface area contributed by atoms with E-state index in [-0.39, 0.29) is 13.1 Å². The van der Waals surface area contributed by atoms with Crippen LogP contribution in [0.4, 0.5) is 5.82 Å². The van der Waals surface area contributed by atoms with Gasteiger partial charge in [-0.1, -0.05) is 0 Å². The summed E-state index contributed by atoms with van der Waals surface area (Å²) in [6.07, 6.45) is 1.71. The van der Waals surface area contributed by atoms with Gasteiger partial charge in [-0.25, -0.2) is 4.98 Å². The second kappa shape index (κ2) is 6.39. The van der Waals surface area contributed by atoms with E-state index in [1.807, 2.05) is 24.3 Å². The van der Waals surface area contributed by atoms with Crippen LogP contribution in [0.3, 0.4) is 0 Å². The fourth-order valence-corrected chi connectivity index (χ4v) is 1.34. The van der Waals surface area contributed by atoms with Crippen molar-refractivity contribution in [3.63, 3.8) is 0 Å². The fourth-order valence-electron chi connectivity index (χ4n) is 1.34. The summed E-state index contributed by atoms with van der Waals surface area (Å²) in [7, 11) is 1.80. The lowest BCUT2D eigenvalue weighted by Crippen LogP contribution is -2.23. The van der Waals surface area contributed by atoms with Crippen LogP contribution < -0.4 is 5.32 Å². The number of anilines is 1. The Balaban J connectivity index is 2.70. The van der Waals surface area contributed by atoms with Crippen molar-refractivity contribution >= 4 is 5.82 Å². The molecule has 1 aromatic heterocycles. The number of hydrogen-bond acceptors (Lipinski definition) is 5. The molecule has 1 rings (SSSR count). The van der Waals surface area contributed by atoms with Crippen molar-refractivity contribution in [2.75, 3.05) is 25.5 Å². The van der Waals surface area contributed by atoms with Crippen molar-refractivity contribution in [2.45, 2.75) is 6.54 Å². The third kappa shape index (κ3) is 3.56. The second-order valence-corrected chi connectivity index (χ2v) is 3.26. The van der Waals surface area contributed by atoms with Gasteiger partial charge in [-0.05, 0) is 17.7 Å². The Hall–Kier alpha value is -2.11. The summed E-state index contributed by atoms with van der Waals surface area (Å²) in [5.41, 5.74) is 1.03. The number of nitrogens with zero attached hydrogens (tertiary/aromatic N) is 4. The molecule has 16 heavy (non-hydrogen) atoms. The molecule has 0 aliphatic rings. The summed E-state index contributed by atoms with van der Waals surface area (Å²) >= 11 is 0. The highest BCUT2D eigenvalue weighted by Crippen LogP contribution is 2.08. The highest BCUT2D eigenvalue weighted by atomic mass is 15.1. The Labute approximate surface area is 94.9 Å². The zero-order chi connectivity index (χ0) is 11.8. The third-order valence-electron chi connectivity index (χ3n) is 2.08. The van der Waals surface area contributed by atoms with E-state index in [0.29, 0.717) is 6.54 Å². The van der Waals surface area contributed by atoms with Gasteiger partial charge in [0.15, 0.2) is 0 Å². The van der Waals surface area contributed by atoms with Gasteiger partial charge in [0.1, 0.15) is 5.82 Å². The molecule has 0 fully saturated rings. The SMILES string of the molecule is CNc1cc(CN(CC#N)CC#N)ccn1. The third-order valence-corrected chi connectivity index (χ3v) is 2.08. The summed E-state index contributed by atoms with van der Waals surface area (Å²) < 4.78 is 0. The molecule has 5 nitrogen and oxygen atoms in total. The van der Waals surface area contributed by atoms with Crippen LogP contribution in [-0.2, 0) is 6.54 Å². The maximum atomic E-state index is 8.62. The maximum absolute atomic E-state index is 8.62. The Kier molecular flexibility index (Phi) is 4.78. The van der Waals surface area contributed by atoms with Crippen LogP contribution in [-0.4, -0.2) is 30.0 Å². The molecule has 0 aliphatic carbocycles. The van der Waals surface area contributed by atoms with Crippen molar-refractivity contribution in [2.24, 2.45) is 0 Å². The van der Waals surface area contributed by atoms with E-state index < -0.39 is 0 Å². The predicted molar refractivity (Wildman–Crippen MR) is 60.3 cm³/mol. The minimum atomic E-state index is 0.255. The van der Waals surface area contributed by atoms with E-state index in [1.165, 1.54) is 0 Å². The molecule has 0 unspecified atom stereocenters. The van der Waals surface area contributed by atoms with Crippen molar-refractivity contribution in [3.05, 3.63) is 23.9 Å². The summed E-state index contributed by atoms with van der Waals surface area (Å²) in [5, 5.41) is 20.2.